The number of aryl methyl sites for hydroxylation is 2. The molecule has 6 heteroatoms. The van der Waals surface area contributed by atoms with E-state index in [2.05, 4.69) is 22.3 Å². The fourth-order valence-corrected chi connectivity index (χ4v) is 2.91. The number of hydrogen-bond acceptors (Lipinski definition) is 4. The van der Waals surface area contributed by atoms with Crippen LogP contribution in [0, 0.1) is 13.8 Å². The Hall–Kier alpha value is -2.50. The fourth-order valence-electron chi connectivity index (χ4n) is 2.91. The molecule has 3 aromatic heterocycles. The van der Waals surface area contributed by atoms with Gasteiger partial charge in [0.05, 0.1) is 5.39 Å². The summed E-state index contributed by atoms with van der Waals surface area (Å²) >= 11 is 0. The van der Waals surface area contributed by atoms with E-state index in [-0.39, 0.29) is 11.9 Å². The average molecular weight is 325 g/mol. The quantitative estimate of drug-likeness (QED) is 0.783. The van der Waals surface area contributed by atoms with E-state index in [0.29, 0.717) is 18.5 Å². The van der Waals surface area contributed by atoms with Crippen LogP contribution in [0.2, 0.25) is 0 Å². The van der Waals surface area contributed by atoms with Crippen LogP contribution in [-0.2, 0) is 11.2 Å². The minimum Gasteiger partial charge on any atom is -0.354 e. The van der Waals surface area contributed by atoms with Crippen molar-refractivity contribution in [1.82, 2.24) is 24.9 Å². The van der Waals surface area contributed by atoms with Gasteiger partial charge in [0, 0.05) is 30.0 Å². The normalized spacial score (nSPS) is 12.7. The molecular formula is C18H23N5O. The van der Waals surface area contributed by atoms with E-state index in [1.54, 1.807) is 6.20 Å². The highest BCUT2D eigenvalue weighted by Crippen LogP contribution is 2.21. The minimum atomic E-state index is 0.0792. The van der Waals surface area contributed by atoms with E-state index < -0.39 is 0 Å². The van der Waals surface area contributed by atoms with Gasteiger partial charge in [0.2, 0.25) is 5.91 Å². The van der Waals surface area contributed by atoms with E-state index in [9.17, 15) is 4.79 Å². The van der Waals surface area contributed by atoms with Gasteiger partial charge in [-0.2, -0.15) is 0 Å². The molecule has 1 amide bonds. The first-order valence-corrected chi connectivity index (χ1v) is 8.40. The van der Waals surface area contributed by atoms with Crippen LogP contribution >= 0.6 is 0 Å². The minimum absolute atomic E-state index is 0.0792. The van der Waals surface area contributed by atoms with Crippen molar-refractivity contribution < 1.29 is 4.79 Å². The molecule has 24 heavy (non-hydrogen) atoms. The number of amides is 1. The molecule has 1 atom stereocenters. The van der Waals surface area contributed by atoms with Crippen molar-refractivity contribution in [3.05, 3.63) is 35.3 Å². The summed E-state index contributed by atoms with van der Waals surface area (Å²) in [5.74, 6) is 0.0792. The molecule has 0 bridgehead atoms. The standard InChI is InChI=1S/C18H23N5O/c1-5-11(2)20-16(24)9-8-14-12(3)21-18-15-7-6-10-19-17(15)22-23(18)13(14)4/h6-7,10-11H,5,8-9H2,1-4H3,(H,20,24)/t11-/m0/s1. The summed E-state index contributed by atoms with van der Waals surface area (Å²) in [6, 6.07) is 4.09. The van der Waals surface area contributed by atoms with Gasteiger partial charge in [0.1, 0.15) is 0 Å². The summed E-state index contributed by atoms with van der Waals surface area (Å²) in [5, 5.41) is 8.50. The van der Waals surface area contributed by atoms with Crippen LogP contribution in [0.5, 0.6) is 0 Å². The van der Waals surface area contributed by atoms with Crippen molar-refractivity contribution in [1.29, 1.82) is 0 Å². The van der Waals surface area contributed by atoms with Gasteiger partial charge in [-0.1, -0.05) is 6.92 Å². The number of nitrogens with one attached hydrogen (secondary N) is 1. The highest BCUT2D eigenvalue weighted by atomic mass is 16.1. The van der Waals surface area contributed by atoms with E-state index >= 15 is 0 Å². The van der Waals surface area contributed by atoms with Gasteiger partial charge in [-0.3, -0.25) is 4.79 Å². The van der Waals surface area contributed by atoms with Crippen LogP contribution in [0.15, 0.2) is 18.3 Å². The number of rotatable bonds is 5. The van der Waals surface area contributed by atoms with Crippen LogP contribution in [0.1, 0.15) is 43.6 Å². The zero-order valence-corrected chi connectivity index (χ0v) is 14.6. The lowest BCUT2D eigenvalue weighted by Crippen LogP contribution is -2.32. The molecule has 0 aliphatic carbocycles. The molecule has 3 rings (SSSR count). The second-order valence-corrected chi connectivity index (χ2v) is 6.25. The Balaban J connectivity index is 1.91. The number of pyridine rings is 1. The van der Waals surface area contributed by atoms with E-state index in [4.69, 9.17) is 4.98 Å². The van der Waals surface area contributed by atoms with E-state index in [0.717, 1.165) is 34.4 Å². The third-order valence-electron chi connectivity index (χ3n) is 4.51. The number of carbonyl (C=O) groups is 1. The molecule has 126 valence electrons. The Bertz CT molecular complexity index is 899. The second-order valence-electron chi connectivity index (χ2n) is 6.25. The van der Waals surface area contributed by atoms with Gasteiger partial charge in [-0.25, -0.2) is 14.5 Å². The maximum Gasteiger partial charge on any atom is 0.220 e. The topological polar surface area (TPSA) is 72.2 Å². The van der Waals surface area contributed by atoms with Crippen molar-refractivity contribution in [3.63, 3.8) is 0 Å². The third kappa shape index (κ3) is 2.96. The second kappa shape index (κ2) is 6.55. The fraction of sp³-hybridized carbons (Fsp3) is 0.444. The predicted octanol–water partition coefficient (Wildman–Crippen LogP) is 2.74. The van der Waals surface area contributed by atoms with Crippen molar-refractivity contribution in [2.75, 3.05) is 0 Å². The number of aromatic nitrogens is 4. The zero-order chi connectivity index (χ0) is 17.3. The van der Waals surface area contributed by atoms with Crippen LogP contribution in [0.3, 0.4) is 0 Å². The lowest BCUT2D eigenvalue weighted by molar-refractivity contribution is -0.121. The first kappa shape index (κ1) is 16.4. The molecular weight excluding hydrogens is 302 g/mol. The van der Waals surface area contributed by atoms with Gasteiger partial charge in [0.15, 0.2) is 11.3 Å². The van der Waals surface area contributed by atoms with Gasteiger partial charge in [-0.15, -0.1) is 5.10 Å². The molecule has 0 aliphatic heterocycles. The molecule has 0 unspecified atom stereocenters. The molecule has 1 N–H and O–H groups in total. The molecule has 0 fully saturated rings. The molecule has 6 nitrogen and oxygen atoms in total. The first-order chi connectivity index (χ1) is 11.5. The molecule has 0 aliphatic rings. The summed E-state index contributed by atoms with van der Waals surface area (Å²) in [6.45, 7) is 8.09. The Morgan fingerprint density at radius 2 is 2.17 bits per heavy atom. The largest absolute Gasteiger partial charge is 0.354 e. The summed E-state index contributed by atoms with van der Waals surface area (Å²) in [7, 11) is 0. The molecule has 0 saturated heterocycles. The Morgan fingerprint density at radius 3 is 2.92 bits per heavy atom. The summed E-state index contributed by atoms with van der Waals surface area (Å²) in [6.07, 6.45) is 3.78. The number of hydrogen-bond donors (Lipinski definition) is 1. The maximum atomic E-state index is 12.0. The zero-order valence-electron chi connectivity index (χ0n) is 14.6. The van der Waals surface area contributed by atoms with Crippen LogP contribution in [0.4, 0.5) is 0 Å². The molecule has 0 aromatic carbocycles. The van der Waals surface area contributed by atoms with Crippen molar-refractivity contribution in [2.24, 2.45) is 0 Å². The monoisotopic (exact) mass is 325 g/mol. The molecule has 3 aromatic rings. The van der Waals surface area contributed by atoms with Crippen LogP contribution in [-0.4, -0.2) is 31.5 Å². The Labute approximate surface area is 141 Å². The highest BCUT2D eigenvalue weighted by Gasteiger charge is 2.15. The molecule has 0 saturated carbocycles. The Morgan fingerprint density at radius 1 is 1.38 bits per heavy atom. The predicted molar refractivity (Wildman–Crippen MR) is 94.0 cm³/mol. The maximum absolute atomic E-state index is 12.0. The van der Waals surface area contributed by atoms with Crippen molar-refractivity contribution >= 4 is 22.6 Å². The molecule has 0 radical (unpaired) electrons. The van der Waals surface area contributed by atoms with Crippen LogP contribution < -0.4 is 5.32 Å². The van der Waals surface area contributed by atoms with E-state index in [1.807, 2.05) is 37.4 Å². The first-order valence-electron chi connectivity index (χ1n) is 8.40. The third-order valence-corrected chi connectivity index (χ3v) is 4.51. The summed E-state index contributed by atoms with van der Waals surface area (Å²) in [5.41, 5.74) is 4.56. The lowest BCUT2D eigenvalue weighted by atomic mass is 10.1. The molecule has 0 spiro atoms. The SMILES string of the molecule is CC[C@H](C)NC(=O)CCc1c(C)nc2c3cccnc3nn2c1C. The number of nitrogens with zero attached hydrogens (tertiary/aromatic N) is 4. The van der Waals surface area contributed by atoms with Crippen LogP contribution in [0.25, 0.3) is 16.7 Å². The average Bonchev–Trinajstić information content (AvgIpc) is 2.93. The number of carbonyl (C=O) groups excluding carboxylic acids is 1. The smallest absolute Gasteiger partial charge is 0.220 e. The van der Waals surface area contributed by atoms with Gasteiger partial charge < -0.3 is 5.32 Å². The lowest BCUT2D eigenvalue weighted by Gasteiger charge is -2.13. The number of fused-ring (bicyclic) bond motifs is 3. The summed E-state index contributed by atoms with van der Waals surface area (Å²) in [4.78, 5) is 21.1. The highest BCUT2D eigenvalue weighted by molar-refractivity contribution is 5.89. The molecule has 3 heterocycles. The van der Waals surface area contributed by atoms with Crippen molar-refractivity contribution in [2.45, 2.75) is 53.0 Å². The van der Waals surface area contributed by atoms with Gasteiger partial charge in [0.25, 0.3) is 0 Å². The van der Waals surface area contributed by atoms with E-state index in [1.165, 1.54) is 0 Å². The van der Waals surface area contributed by atoms with Crippen molar-refractivity contribution in [3.8, 4) is 0 Å². The summed E-state index contributed by atoms with van der Waals surface area (Å²) < 4.78 is 1.84. The van der Waals surface area contributed by atoms with Gasteiger partial charge >= 0.3 is 0 Å². The van der Waals surface area contributed by atoms with Gasteiger partial charge in [-0.05, 0) is 51.3 Å². The Kier molecular flexibility index (Phi) is 4.46.